The Hall–Kier alpha value is -0.940. The summed E-state index contributed by atoms with van der Waals surface area (Å²) in [5.41, 5.74) is 0. The van der Waals surface area contributed by atoms with Crippen molar-refractivity contribution in [3.63, 3.8) is 0 Å². The summed E-state index contributed by atoms with van der Waals surface area (Å²) < 4.78 is 1.96. The van der Waals surface area contributed by atoms with Gasteiger partial charge in [0.15, 0.2) is 0 Å². The highest BCUT2D eigenvalue weighted by Crippen LogP contribution is 2.20. The van der Waals surface area contributed by atoms with Crippen LogP contribution in [0.5, 0.6) is 0 Å². The van der Waals surface area contributed by atoms with Crippen molar-refractivity contribution in [3.05, 3.63) is 12.2 Å². The Bertz CT molecular complexity index is 324. The van der Waals surface area contributed by atoms with Crippen LogP contribution in [0.3, 0.4) is 0 Å². The van der Waals surface area contributed by atoms with Crippen molar-refractivity contribution in [2.45, 2.75) is 38.3 Å². The Labute approximate surface area is 96.1 Å². The summed E-state index contributed by atoms with van der Waals surface area (Å²) in [5, 5.41) is 17.1. The molecule has 2 rings (SSSR count). The maximum Gasteiger partial charge on any atom is 0.146 e. The van der Waals surface area contributed by atoms with Crippen LogP contribution < -0.4 is 0 Å². The zero-order chi connectivity index (χ0) is 11.4. The number of aromatic nitrogens is 3. The zero-order valence-corrected chi connectivity index (χ0v) is 9.84. The largest absolute Gasteiger partial charge is 0.396 e. The Morgan fingerprint density at radius 3 is 3.06 bits per heavy atom. The third kappa shape index (κ3) is 2.59. The molecule has 0 radical (unpaired) electrons. The SMILES string of the molecule is Cn1cnnc1CN1CCCCC1CCO. The minimum atomic E-state index is 0.278. The van der Waals surface area contributed by atoms with Crippen LogP contribution in [0.15, 0.2) is 6.33 Å². The van der Waals surface area contributed by atoms with Gasteiger partial charge in [0.1, 0.15) is 12.2 Å². The van der Waals surface area contributed by atoms with Crippen LogP contribution in [-0.4, -0.2) is 44.0 Å². The summed E-state index contributed by atoms with van der Waals surface area (Å²) in [6, 6.07) is 0.510. The van der Waals surface area contributed by atoms with Crippen LogP contribution in [0.4, 0.5) is 0 Å². The smallest absolute Gasteiger partial charge is 0.146 e. The van der Waals surface area contributed by atoms with Gasteiger partial charge in [-0.15, -0.1) is 10.2 Å². The van der Waals surface area contributed by atoms with Gasteiger partial charge in [0.2, 0.25) is 0 Å². The van der Waals surface area contributed by atoms with Crippen molar-refractivity contribution in [2.24, 2.45) is 7.05 Å². The molecule has 1 aliphatic rings. The summed E-state index contributed by atoms with van der Waals surface area (Å²) in [4.78, 5) is 2.42. The summed E-state index contributed by atoms with van der Waals surface area (Å²) in [7, 11) is 1.97. The van der Waals surface area contributed by atoms with Crippen LogP contribution in [0.1, 0.15) is 31.5 Å². The molecule has 1 aromatic heterocycles. The van der Waals surface area contributed by atoms with Crippen molar-refractivity contribution >= 4 is 0 Å². The summed E-state index contributed by atoms with van der Waals surface area (Å²) in [6.45, 7) is 2.23. The molecule has 0 aromatic carbocycles. The molecule has 0 bridgehead atoms. The molecule has 0 aliphatic carbocycles. The lowest BCUT2D eigenvalue weighted by Gasteiger charge is -2.34. The molecule has 1 unspecified atom stereocenters. The number of aliphatic hydroxyl groups is 1. The number of rotatable bonds is 4. The third-order valence-corrected chi connectivity index (χ3v) is 3.36. The van der Waals surface area contributed by atoms with E-state index in [4.69, 9.17) is 5.11 Å². The molecule has 0 amide bonds. The van der Waals surface area contributed by atoms with E-state index in [9.17, 15) is 0 Å². The van der Waals surface area contributed by atoms with E-state index in [-0.39, 0.29) is 6.61 Å². The predicted octanol–water partition coefficient (Wildman–Crippen LogP) is 0.552. The van der Waals surface area contributed by atoms with Crippen LogP contribution in [0, 0.1) is 0 Å². The van der Waals surface area contributed by atoms with Gasteiger partial charge in [0.25, 0.3) is 0 Å². The first-order valence-corrected chi connectivity index (χ1v) is 5.99. The fraction of sp³-hybridized carbons (Fsp3) is 0.818. The molecule has 0 saturated carbocycles. The first-order valence-electron chi connectivity index (χ1n) is 5.99. The standard InChI is InChI=1S/C11H20N4O/c1-14-9-12-13-11(14)8-15-6-3-2-4-10(15)5-7-16/h9-10,16H,2-8H2,1H3. The lowest BCUT2D eigenvalue weighted by atomic mass is 10.00. The number of piperidine rings is 1. The lowest BCUT2D eigenvalue weighted by molar-refractivity contribution is 0.109. The maximum atomic E-state index is 9.06. The Morgan fingerprint density at radius 2 is 2.38 bits per heavy atom. The van der Waals surface area contributed by atoms with Crippen molar-refractivity contribution < 1.29 is 5.11 Å². The average Bonchev–Trinajstić information content (AvgIpc) is 2.68. The monoisotopic (exact) mass is 224 g/mol. The molecule has 1 saturated heterocycles. The van der Waals surface area contributed by atoms with Gasteiger partial charge >= 0.3 is 0 Å². The number of hydrogen-bond acceptors (Lipinski definition) is 4. The normalized spacial score (nSPS) is 22.5. The number of aliphatic hydroxyl groups excluding tert-OH is 1. The first kappa shape index (κ1) is 11.5. The van der Waals surface area contributed by atoms with Crippen LogP contribution >= 0.6 is 0 Å². The van der Waals surface area contributed by atoms with Crippen molar-refractivity contribution in [3.8, 4) is 0 Å². The van der Waals surface area contributed by atoms with Gasteiger partial charge in [-0.2, -0.15) is 0 Å². The van der Waals surface area contributed by atoms with E-state index in [0.29, 0.717) is 6.04 Å². The van der Waals surface area contributed by atoms with Gasteiger partial charge in [0.05, 0.1) is 6.54 Å². The molecule has 1 aliphatic heterocycles. The molecule has 1 aromatic rings. The van der Waals surface area contributed by atoms with E-state index in [1.807, 2.05) is 11.6 Å². The number of aryl methyl sites for hydroxylation is 1. The minimum Gasteiger partial charge on any atom is -0.396 e. The van der Waals surface area contributed by atoms with Crippen molar-refractivity contribution in [2.75, 3.05) is 13.2 Å². The van der Waals surface area contributed by atoms with E-state index >= 15 is 0 Å². The molecule has 1 N–H and O–H groups in total. The van der Waals surface area contributed by atoms with Gasteiger partial charge in [0, 0.05) is 19.7 Å². The maximum absolute atomic E-state index is 9.06. The van der Waals surface area contributed by atoms with Gasteiger partial charge < -0.3 is 9.67 Å². The molecular weight excluding hydrogens is 204 g/mol. The van der Waals surface area contributed by atoms with Crippen LogP contribution in [-0.2, 0) is 13.6 Å². The number of likely N-dealkylation sites (tertiary alicyclic amines) is 1. The Balaban J connectivity index is 1.98. The molecule has 5 nitrogen and oxygen atoms in total. The molecular formula is C11H20N4O. The predicted molar refractivity (Wildman–Crippen MR) is 60.8 cm³/mol. The lowest BCUT2D eigenvalue weighted by Crippen LogP contribution is -2.40. The fourth-order valence-electron chi connectivity index (χ4n) is 2.38. The third-order valence-electron chi connectivity index (χ3n) is 3.36. The minimum absolute atomic E-state index is 0.278. The highest BCUT2D eigenvalue weighted by Gasteiger charge is 2.22. The molecule has 0 spiro atoms. The first-order chi connectivity index (χ1) is 7.81. The molecule has 1 fully saturated rings. The highest BCUT2D eigenvalue weighted by atomic mass is 16.3. The molecule has 16 heavy (non-hydrogen) atoms. The fourth-order valence-corrected chi connectivity index (χ4v) is 2.38. The van der Waals surface area contributed by atoms with Gasteiger partial charge in [-0.25, -0.2) is 0 Å². The second kappa shape index (κ2) is 5.41. The summed E-state index contributed by atoms with van der Waals surface area (Å²) in [6.07, 6.45) is 6.33. The average molecular weight is 224 g/mol. The van der Waals surface area contributed by atoms with E-state index in [1.165, 1.54) is 19.3 Å². The Kier molecular flexibility index (Phi) is 3.90. The van der Waals surface area contributed by atoms with E-state index in [1.54, 1.807) is 6.33 Å². The summed E-state index contributed by atoms with van der Waals surface area (Å²) in [5.74, 6) is 1.00. The van der Waals surface area contributed by atoms with E-state index in [2.05, 4.69) is 15.1 Å². The van der Waals surface area contributed by atoms with E-state index in [0.717, 1.165) is 25.3 Å². The number of hydrogen-bond donors (Lipinski definition) is 1. The summed E-state index contributed by atoms with van der Waals surface area (Å²) >= 11 is 0. The quantitative estimate of drug-likeness (QED) is 0.811. The van der Waals surface area contributed by atoms with Crippen LogP contribution in [0.25, 0.3) is 0 Å². The van der Waals surface area contributed by atoms with Gasteiger partial charge in [-0.05, 0) is 25.8 Å². The highest BCUT2D eigenvalue weighted by molar-refractivity contribution is 4.87. The zero-order valence-electron chi connectivity index (χ0n) is 9.84. The molecule has 2 heterocycles. The number of nitrogens with zero attached hydrogens (tertiary/aromatic N) is 4. The van der Waals surface area contributed by atoms with E-state index < -0.39 is 0 Å². The Morgan fingerprint density at radius 1 is 1.50 bits per heavy atom. The van der Waals surface area contributed by atoms with Gasteiger partial charge in [-0.3, -0.25) is 4.90 Å². The van der Waals surface area contributed by atoms with Crippen LogP contribution in [0.2, 0.25) is 0 Å². The second-order valence-corrected chi connectivity index (χ2v) is 4.49. The molecule has 90 valence electrons. The molecule has 5 heteroatoms. The topological polar surface area (TPSA) is 54.2 Å². The van der Waals surface area contributed by atoms with Crippen molar-refractivity contribution in [1.82, 2.24) is 19.7 Å². The molecule has 1 atom stereocenters. The van der Waals surface area contributed by atoms with Crippen molar-refractivity contribution in [1.29, 1.82) is 0 Å². The van der Waals surface area contributed by atoms with Gasteiger partial charge in [-0.1, -0.05) is 6.42 Å². The second-order valence-electron chi connectivity index (χ2n) is 4.49.